The number of nitrogens with zero attached hydrogens (tertiary/aromatic N) is 4. The number of rotatable bonds is 5. The molecule has 1 amide bonds. The second kappa shape index (κ2) is 10.6. The third-order valence-electron chi connectivity index (χ3n) is 7.40. The highest BCUT2D eigenvalue weighted by Crippen LogP contribution is 2.31. The van der Waals surface area contributed by atoms with Crippen LogP contribution in [0.15, 0.2) is 4.99 Å². The molecule has 0 aromatic carbocycles. The first-order valence-corrected chi connectivity index (χ1v) is 11.7. The van der Waals surface area contributed by atoms with E-state index >= 15 is 0 Å². The zero-order chi connectivity index (χ0) is 20.7. The van der Waals surface area contributed by atoms with Crippen molar-refractivity contribution in [1.82, 2.24) is 25.3 Å². The molecule has 3 fully saturated rings. The van der Waals surface area contributed by atoms with Crippen molar-refractivity contribution in [2.75, 3.05) is 67.0 Å². The molecule has 7 heteroatoms. The number of nitrogens with one attached hydrogen (secondary N) is 2. The highest BCUT2D eigenvalue weighted by atomic mass is 16.1. The van der Waals surface area contributed by atoms with Gasteiger partial charge in [-0.05, 0) is 77.7 Å². The molecular weight excluding hydrogens is 364 g/mol. The van der Waals surface area contributed by atoms with Crippen LogP contribution < -0.4 is 10.6 Å². The van der Waals surface area contributed by atoms with Crippen LogP contribution in [0.2, 0.25) is 0 Å². The Bertz CT molecular complexity index is 544. The lowest BCUT2D eigenvalue weighted by molar-refractivity contribution is -0.121. The summed E-state index contributed by atoms with van der Waals surface area (Å²) in [6, 6.07) is 0. The number of hydrogen-bond donors (Lipinski definition) is 2. The summed E-state index contributed by atoms with van der Waals surface area (Å²) in [5.41, 5.74) is 0.264. The maximum atomic E-state index is 11.7. The molecule has 0 atom stereocenters. The number of hydrogen-bond acceptors (Lipinski definition) is 4. The number of amides is 1. The van der Waals surface area contributed by atoms with E-state index in [1.54, 1.807) is 7.05 Å². The summed E-state index contributed by atoms with van der Waals surface area (Å²) in [5, 5.41) is 6.52. The van der Waals surface area contributed by atoms with Crippen molar-refractivity contribution >= 4 is 11.9 Å². The van der Waals surface area contributed by atoms with Crippen molar-refractivity contribution in [2.24, 2.45) is 10.9 Å². The Morgan fingerprint density at radius 3 is 2.28 bits per heavy atom. The number of guanidine groups is 1. The van der Waals surface area contributed by atoms with Gasteiger partial charge < -0.3 is 20.4 Å². The molecule has 2 N–H and O–H groups in total. The minimum absolute atomic E-state index is 0.164. The van der Waals surface area contributed by atoms with Gasteiger partial charge in [-0.15, -0.1) is 0 Å². The van der Waals surface area contributed by atoms with Gasteiger partial charge in [-0.25, -0.2) is 0 Å². The highest BCUT2D eigenvalue weighted by molar-refractivity contribution is 5.80. The molecule has 3 aliphatic rings. The second-order valence-electron chi connectivity index (χ2n) is 9.28. The summed E-state index contributed by atoms with van der Waals surface area (Å²) in [6.07, 6.45) is 9.32. The van der Waals surface area contributed by atoms with Gasteiger partial charge in [0, 0.05) is 45.7 Å². The molecular formula is C22H42N6O. The van der Waals surface area contributed by atoms with E-state index in [4.69, 9.17) is 0 Å². The minimum Gasteiger partial charge on any atom is -0.359 e. The van der Waals surface area contributed by atoms with Gasteiger partial charge in [0.05, 0.1) is 0 Å². The maximum Gasteiger partial charge on any atom is 0.220 e. The van der Waals surface area contributed by atoms with Gasteiger partial charge in [0.25, 0.3) is 0 Å². The van der Waals surface area contributed by atoms with E-state index in [9.17, 15) is 4.79 Å². The van der Waals surface area contributed by atoms with Gasteiger partial charge in [0.1, 0.15) is 0 Å². The largest absolute Gasteiger partial charge is 0.359 e. The maximum absolute atomic E-state index is 11.7. The van der Waals surface area contributed by atoms with Crippen LogP contribution in [0.3, 0.4) is 0 Å². The van der Waals surface area contributed by atoms with Gasteiger partial charge in [0.15, 0.2) is 5.96 Å². The molecule has 3 saturated heterocycles. The molecule has 0 spiro atoms. The Morgan fingerprint density at radius 2 is 1.69 bits per heavy atom. The lowest BCUT2D eigenvalue weighted by atomic mass is 9.84. The third kappa shape index (κ3) is 5.85. The fourth-order valence-corrected chi connectivity index (χ4v) is 5.30. The Labute approximate surface area is 177 Å². The quantitative estimate of drug-likeness (QED) is 0.533. The molecule has 0 unspecified atom stereocenters. The lowest BCUT2D eigenvalue weighted by Gasteiger charge is -2.50. The van der Waals surface area contributed by atoms with Crippen molar-refractivity contribution in [3.05, 3.63) is 0 Å². The van der Waals surface area contributed by atoms with Crippen molar-refractivity contribution < 1.29 is 4.79 Å². The summed E-state index contributed by atoms with van der Waals surface area (Å²) in [5.74, 6) is 1.70. The highest BCUT2D eigenvalue weighted by Gasteiger charge is 2.40. The summed E-state index contributed by atoms with van der Waals surface area (Å²) in [7, 11) is 5.88. The van der Waals surface area contributed by atoms with Crippen LogP contribution >= 0.6 is 0 Å². The topological polar surface area (TPSA) is 63.2 Å². The van der Waals surface area contributed by atoms with Crippen LogP contribution in [0.1, 0.15) is 51.4 Å². The summed E-state index contributed by atoms with van der Waals surface area (Å²) >= 11 is 0. The van der Waals surface area contributed by atoms with Gasteiger partial charge >= 0.3 is 0 Å². The molecule has 0 aromatic rings. The molecule has 0 saturated carbocycles. The molecule has 29 heavy (non-hydrogen) atoms. The Kier molecular flexibility index (Phi) is 8.18. The fourth-order valence-electron chi connectivity index (χ4n) is 5.30. The van der Waals surface area contributed by atoms with E-state index in [2.05, 4.69) is 37.4 Å². The SMILES string of the molecule is CN=C(NCC1(N2CCCCC2)CCN(C)CC1)N1CCC(CC(=O)NC)CC1. The second-order valence-corrected chi connectivity index (χ2v) is 9.28. The summed E-state index contributed by atoms with van der Waals surface area (Å²) in [6.45, 7) is 7.82. The molecule has 0 bridgehead atoms. The van der Waals surface area contributed by atoms with Crippen LogP contribution in [0, 0.1) is 5.92 Å². The molecule has 3 heterocycles. The molecule has 3 rings (SSSR count). The van der Waals surface area contributed by atoms with E-state index in [-0.39, 0.29) is 11.4 Å². The standard InChI is InChI=1S/C22H42N6O/c1-23-20(29)17-19-7-13-27(14-8-19)21(24-2)25-18-22(9-15-26(3)16-10-22)28-11-5-4-6-12-28/h19H,4-18H2,1-3H3,(H,23,29)(H,24,25). The first-order valence-electron chi connectivity index (χ1n) is 11.7. The fraction of sp³-hybridized carbons (Fsp3) is 0.909. The summed E-state index contributed by atoms with van der Waals surface area (Å²) < 4.78 is 0. The first-order chi connectivity index (χ1) is 14.1. The van der Waals surface area contributed by atoms with Crippen LogP contribution in [-0.4, -0.2) is 99.1 Å². The normalized spacial score (nSPS) is 25.1. The van der Waals surface area contributed by atoms with Crippen LogP contribution in [-0.2, 0) is 4.79 Å². The Balaban J connectivity index is 1.56. The van der Waals surface area contributed by atoms with Gasteiger partial charge in [-0.1, -0.05) is 6.42 Å². The molecule has 0 aromatic heterocycles. The van der Waals surface area contributed by atoms with Gasteiger partial charge in [0.2, 0.25) is 5.91 Å². The van der Waals surface area contributed by atoms with E-state index in [0.717, 1.165) is 38.4 Å². The van der Waals surface area contributed by atoms with E-state index < -0.39 is 0 Å². The van der Waals surface area contributed by atoms with E-state index in [0.29, 0.717) is 12.3 Å². The van der Waals surface area contributed by atoms with E-state index in [1.807, 2.05) is 7.05 Å². The molecule has 0 aliphatic carbocycles. The average molecular weight is 407 g/mol. The smallest absolute Gasteiger partial charge is 0.220 e. The molecule has 166 valence electrons. The number of aliphatic imine (C=N–C) groups is 1. The van der Waals surface area contributed by atoms with Gasteiger partial charge in [-0.2, -0.15) is 0 Å². The van der Waals surface area contributed by atoms with Gasteiger partial charge in [-0.3, -0.25) is 14.7 Å². The van der Waals surface area contributed by atoms with Crippen LogP contribution in [0.5, 0.6) is 0 Å². The third-order valence-corrected chi connectivity index (χ3v) is 7.40. The van der Waals surface area contributed by atoms with Crippen molar-refractivity contribution in [3.63, 3.8) is 0 Å². The zero-order valence-electron chi connectivity index (χ0n) is 18.9. The average Bonchev–Trinajstić information content (AvgIpc) is 2.77. The van der Waals surface area contributed by atoms with Crippen LogP contribution in [0.25, 0.3) is 0 Å². The molecule has 3 aliphatic heterocycles. The number of carbonyl (C=O) groups excluding carboxylic acids is 1. The first kappa shape index (κ1) is 22.3. The number of carbonyl (C=O) groups is 1. The Morgan fingerprint density at radius 1 is 1.03 bits per heavy atom. The summed E-state index contributed by atoms with van der Waals surface area (Å²) in [4.78, 5) is 23.9. The van der Waals surface area contributed by atoms with Crippen LogP contribution in [0.4, 0.5) is 0 Å². The van der Waals surface area contributed by atoms with Crippen molar-refractivity contribution in [2.45, 2.75) is 56.9 Å². The predicted octanol–water partition coefficient (Wildman–Crippen LogP) is 1.36. The lowest BCUT2D eigenvalue weighted by Crippen LogP contribution is -2.62. The zero-order valence-corrected chi connectivity index (χ0v) is 18.9. The van der Waals surface area contributed by atoms with Crippen molar-refractivity contribution in [1.29, 1.82) is 0 Å². The Hall–Kier alpha value is -1.34. The van der Waals surface area contributed by atoms with Crippen molar-refractivity contribution in [3.8, 4) is 0 Å². The number of likely N-dealkylation sites (tertiary alicyclic amines) is 3. The monoisotopic (exact) mass is 406 g/mol. The minimum atomic E-state index is 0.164. The molecule has 7 nitrogen and oxygen atoms in total. The number of piperidine rings is 3. The predicted molar refractivity (Wildman–Crippen MR) is 119 cm³/mol. The van der Waals surface area contributed by atoms with E-state index in [1.165, 1.54) is 58.3 Å². The molecule has 0 radical (unpaired) electrons.